The molecule has 0 fully saturated rings. The average Bonchev–Trinajstić information content (AvgIpc) is 3.50. The molecule has 0 spiro atoms. The highest BCUT2D eigenvalue weighted by Crippen LogP contribution is 2.17. The molecule has 0 atom stereocenters. The lowest BCUT2D eigenvalue weighted by molar-refractivity contribution is 0.301. The van der Waals surface area contributed by atoms with Gasteiger partial charge in [0.05, 0.1) is 0 Å². The number of unbranched alkanes of at least 4 members (excludes halogenated alkanes) is 1. The highest BCUT2D eigenvalue weighted by atomic mass is 16.5. The van der Waals surface area contributed by atoms with E-state index in [4.69, 9.17) is 14.3 Å². The first kappa shape index (κ1) is 26.0. The van der Waals surface area contributed by atoms with Crippen LogP contribution in [0.2, 0.25) is 0 Å². The normalized spacial score (nSPS) is 10.9. The summed E-state index contributed by atoms with van der Waals surface area (Å²) in [5.74, 6) is 2.49. The van der Waals surface area contributed by atoms with Gasteiger partial charge in [-0.15, -0.1) is 0 Å². The minimum atomic E-state index is 0.250. The number of nitrogens with zero attached hydrogens (tertiary/aromatic N) is 3. The third kappa shape index (κ3) is 8.91. The summed E-state index contributed by atoms with van der Waals surface area (Å²) < 4.78 is 13.6. The van der Waals surface area contributed by atoms with Crippen molar-refractivity contribution in [1.29, 1.82) is 0 Å². The molecule has 2 aromatic heterocycles. The summed E-state index contributed by atoms with van der Waals surface area (Å²) in [7, 11) is 0. The van der Waals surface area contributed by atoms with E-state index in [2.05, 4.69) is 57.9 Å². The van der Waals surface area contributed by atoms with Crippen LogP contribution in [0, 0.1) is 13.8 Å². The summed E-state index contributed by atoms with van der Waals surface area (Å²) in [4.78, 5) is 8.73. The van der Waals surface area contributed by atoms with Crippen molar-refractivity contribution < 1.29 is 14.3 Å². The number of aromatic nitrogens is 3. The summed E-state index contributed by atoms with van der Waals surface area (Å²) in [6, 6.07) is 16.6. The second-order valence-electron chi connectivity index (χ2n) is 8.29. The molecule has 0 unspecified atom stereocenters. The highest BCUT2D eigenvalue weighted by molar-refractivity contribution is 5.66. The van der Waals surface area contributed by atoms with Gasteiger partial charge in [-0.05, 0) is 69.4 Å². The van der Waals surface area contributed by atoms with Crippen molar-refractivity contribution in [2.75, 3.05) is 6.61 Å². The van der Waals surface area contributed by atoms with Gasteiger partial charge < -0.3 is 18.8 Å². The number of imidazole rings is 1. The zero-order chi connectivity index (χ0) is 24.9. The monoisotopic (exact) mass is 473 g/mol. The molecule has 4 aromatic rings. The molecule has 4 rings (SSSR count). The van der Waals surface area contributed by atoms with E-state index in [1.807, 2.05) is 43.6 Å². The van der Waals surface area contributed by atoms with Crippen molar-refractivity contribution in [3.63, 3.8) is 0 Å². The van der Waals surface area contributed by atoms with Crippen LogP contribution in [0.1, 0.15) is 53.9 Å². The van der Waals surface area contributed by atoms with Gasteiger partial charge in [0.2, 0.25) is 5.89 Å². The molecule has 1 N–H and O–H groups in total. The molecular weight excluding hydrogens is 438 g/mol. The zero-order valence-electron chi connectivity index (χ0n) is 20.9. The Labute approximate surface area is 207 Å². The van der Waals surface area contributed by atoms with Crippen LogP contribution in [-0.4, -0.2) is 26.2 Å². The molecule has 2 aromatic carbocycles. The summed E-state index contributed by atoms with van der Waals surface area (Å²) in [6.45, 7) is 7.45. The number of hydrogen-bond donors (Lipinski definition) is 1. The molecule has 0 saturated carbocycles. The van der Waals surface area contributed by atoms with Crippen LogP contribution in [0.5, 0.6) is 5.75 Å². The minimum absolute atomic E-state index is 0.250. The molecule has 2 heterocycles. The van der Waals surface area contributed by atoms with Crippen LogP contribution in [-0.2, 0) is 19.6 Å². The first-order valence-electron chi connectivity index (χ1n) is 12.1. The van der Waals surface area contributed by atoms with Crippen molar-refractivity contribution in [2.24, 2.45) is 0 Å². The van der Waals surface area contributed by atoms with Crippen LogP contribution in [0.15, 0.2) is 71.6 Å². The topological polar surface area (TPSA) is 73.3 Å². The maximum atomic E-state index is 7.57. The highest BCUT2D eigenvalue weighted by Gasteiger charge is 2.03. The van der Waals surface area contributed by atoms with Crippen LogP contribution < -0.4 is 4.74 Å². The molecule has 0 amide bonds. The van der Waals surface area contributed by atoms with E-state index in [-0.39, 0.29) is 6.61 Å². The van der Waals surface area contributed by atoms with Gasteiger partial charge in [-0.1, -0.05) is 42.0 Å². The lowest BCUT2D eigenvalue weighted by atomic mass is 10.1. The van der Waals surface area contributed by atoms with Crippen molar-refractivity contribution in [2.45, 2.75) is 53.2 Å². The van der Waals surface area contributed by atoms with Gasteiger partial charge in [-0.2, -0.15) is 0 Å². The van der Waals surface area contributed by atoms with Gasteiger partial charge in [0, 0.05) is 31.6 Å². The Balaban J connectivity index is 0.00000108. The fraction of sp³-hybridized carbons (Fsp3) is 0.310. The molecule has 35 heavy (non-hydrogen) atoms. The maximum absolute atomic E-state index is 7.57. The first-order valence-corrected chi connectivity index (χ1v) is 12.1. The summed E-state index contributed by atoms with van der Waals surface area (Å²) in [6.07, 6.45) is 12.8. The fourth-order valence-electron chi connectivity index (χ4n) is 3.47. The standard InChI is InChI=1S/C27H29N3O2.C2H6O/c1-21-6-8-24(9-7-21)12-15-27-29-25(20-32-27)19-31-26-13-10-23(11-14-26)5-3-4-17-30-18-16-28-22(30)2;1-2-3/h6-16,18,20H,3-5,17,19H2,1-2H3;3H,2H2,1H3/b15-12+;. The molecule has 184 valence electrons. The number of aryl methyl sites for hydroxylation is 4. The van der Waals surface area contributed by atoms with Crippen molar-refractivity contribution in [1.82, 2.24) is 14.5 Å². The largest absolute Gasteiger partial charge is 0.487 e. The summed E-state index contributed by atoms with van der Waals surface area (Å²) in [5.41, 5.74) is 4.45. The number of oxazole rings is 1. The van der Waals surface area contributed by atoms with Gasteiger partial charge in [0.15, 0.2) is 0 Å². The Hall–Kier alpha value is -3.64. The third-order valence-electron chi connectivity index (χ3n) is 5.41. The average molecular weight is 474 g/mol. The Morgan fingerprint density at radius 1 is 1.00 bits per heavy atom. The predicted molar refractivity (Wildman–Crippen MR) is 140 cm³/mol. The molecule has 0 radical (unpaired) electrons. The van der Waals surface area contributed by atoms with Crippen LogP contribution >= 0.6 is 0 Å². The van der Waals surface area contributed by atoms with Gasteiger partial charge in [-0.25, -0.2) is 9.97 Å². The van der Waals surface area contributed by atoms with E-state index in [0.717, 1.165) is 48.6 Å². The molecule has 0 bridgehead atoms. The Kier molecular flexibility index (Phi) is 10.3. The van der Waals surface area contributed by atoms with Crippen molar-refractivity contribution in [3.05, 3.63) is 101 Å². The molecular formula is C29H35N3O3. The lowest BCUT2D eigenvalue weighted by Crippen LogP contribution is -2.00. The number of benzene rings is 2. The number of rotatable bonds is 10. The maximum Gasteiger partial charge on any atom is 0.218 e. The molecule has 0 aliphatic rings. The van der Waals surface area contributed by atoms with E-state index in [0.29, 0.717) is 12.5 Å². The molecule has 0 aliphatic carbocycles. The SMILES string of the molecule is CCO.Cc1ccc(/C=C/c2nc(COc3ccc(CCCCn4ccnc4C)cc3)co2)cc1. The molecule has 6 nitrogen and oxygen atoms in total. The Morgan fingerprint density at radius 2 is 1.74 bits per heavy atom. The number of ether oxygens (including phenoxy) is 1. The summed E-state index contributed by atoms with van der Waals surface area (Å²) in [5, 5.41) is 7.57. The smallest absolute Gasteiger partial charge is 0.218 e. The van der Waals surface area contributed by atoms with E-state index >= 15 is 0 Å². The van der Waals surface area contributed by atoms with E-state index in [1.54, 1.807) is 13.2 Å². The molecule has 6 heteroatoms. The third-order valence-corrected chi connectivity index (χ3v) is 5.41. The number of aliphatic hydroxyl groups is 1. The van der Waals surface area contributed by atoms with E-state index in [9.17, 15) is 0 Å². The predicted octanol–water partition coefficient (Wildman–Crippen LogP) is 6.26. The first-order chi connectivity index (χ1) is 17.1. The van der Waals surface area contributed by atoms with Gasteiger partial charge in [0.25, 0.3) is 0 Å². The minimum Gasteiger partial charge on any atom is -0.487 e. The van der Waals surface area contributed by atoms with Crippen LogP contribution in [0.25, 0.3) is 12.2 Å². The Morgan fingerprint density at radius 3 is 2.43 bits per heavy atom. The van der Waals surface area contributed by atoms with Crippen molar-refractivity contribution in [3.8, 4) is 5.75 Å². The van der Waals surface area contributed by atoms with Gasteiger partial charge >= 0.3 is 0 Å². The molecule has 0 saturated heterocycles. The van der Waals surface area contributed by atoms with E-state index in [1.165, 1.54) is 11.1 Å². The molecule has 0 aliphatic heterocycles. The summed E-state index contributed by atoms with van der Waals surface area (Å²) >= 11 is 0. The van der Waals surface area contributed by atoms with E-state index < -0.39 is 0 Å². The number of hydrogen-bond acceptors (Lipinski definition) is 5. The van der Waals surface area contributed by atoms with Gasteiger partial charge in [-0.3, -0.25) is 0 Å². The van der Waals surface area contributed by atoms with Crippen molar-refractivity contribution >= 4 is 12.2 Å². The Bertz CT molecular complexity index is 1160. The quantitative estimate of drug-likeness (QED) is 0.275. The van der Waals surface area contributed by atoms with Gasteiger partial charge in [0.1, 0.15) is 30.1 Å². The second kappa shape index (κ2) is 13.9. The zero-order valence-corrected chi connectivity index (χ0v) is 20.9. The van der Waals surface area contributed by atoms with Crippen LogP contribution in [0.3, 0.4) is 0 Å². The number of aliphatic hydroxyl groups excluding tert-OH is 1. The lowest BCUT2D eigenvalue weighted by Gasteiger charge is -2.07. The van der Waals surface area contributed by atoms with Crippen LogP contribution in [0.4, 0.5) is 0 Å². The second-order valence-corrected chi connectivity index (χ2v) is 8.29. The fourth-order valence-corrected chi connectivity index (χ4v) is 3.47.